The van der Waals surface area contributed by atoms with E-state index in [1.165, 1.54) is 4.90 Å². The third-order valence-electron chi connectivity index (χ3n) is 4.88. The number of hydrogen-bond acceptors (Lipinski definition) is 5. The van der Waals surface area contributed by atoms with Gasteiger partial charge >= 0.3 is 0 Å². The molecule has 0 bridgehead atoms. The standard InChI is InChI=1S/C18H23N3O4/c1-2-25-14-5-3-4-13(10-14)21-16(22)11-15(18(21)24)20-8-6-12(7-9-20)17(19)23/h3-5,10,12,15H,2,6-9,11H2,1H3,(H2,19,23). The highest BCUT2D eigenvalue weighted by Gasteiger charge is 2.43. The van der Waals surface area contributed by atoms with Gasteiger partial charge in [-0.3, -0.25) is 19.3 Å². The van der Waals surface area contributed by atoms with Crippen LogP contribution in [0.5, 0.6) is 5.75 Å². The number of nitrogens with zero attached hydrogens (tertiary/aromatic N) is 2. The molecule has 3 amide bonds. The van der Waals surface area contributed by atoms with Crippen LogP contribution in [0.4, 0.5) is 5.69 Å². The third kappa shape index (κ3) is 3.51. The highest BCUT2D eigenvalue weighted by molar-refractivity contribution is 6.22. The molecule has 2 aliphatic heterocycles. The van der Waals surface area contributed by atoms with Gasteiger partial charge in [0.15, 0.2) is 0 Å². The predicted molar refractivity (Wildman–Crippen MR) is 92.0 cm³/mol. The molecular weight excluding hydrogens is 322 g/mol. The van der Waals surface area contributed by atoms with Crippen molar-refractivity contribution in [3.63, 3.8) is 0 Å². The summed E-state index contributed by atoms with van der Waals surface area (Å²) < 4.78 is 5.45. The van der Waals surface area contributed by atoms with E-state index in [9.17, 15) is 14.4 Å². The number of carbonyl (C=O) groups excluding carboxylic acids is 3. The van der Waals surface area contributed by atoms with Crippen molar-refractivity contribution in [2.24, 2.45) is 11.7 Å². The van der Waals surface area contributed by atoms with Gasteiger partial charge in [0.05, 0.1) is 24.8 Å². The fourth-order valence-corrected chi connectivity index (χ4v) is 3.55. The lowest BCUT2D eigenvalue weighted by molar-refractivity contribution is -0.124. The molecule has 0 spiro atoms. The topological polar surface area (TPSA) is 92.9 Å². The Morgan fingerprint density at radius 3 is 2.64 bits per heavy atom. The van der Waals surface area contributed by atoms with Crippen molar-refractivity contribution in [1.29, 1.82) is 0 Å². The summed E-state index contributed by atoms with van der Waals surface area (Å²) in [5.41, 5.74) is 5.89. The zero-order valence-corrected chi connectivity index (χ0v) is 14.3. The van der Waals surface area contributed by atoms with Gasteiger partial charge in [0.25, 0.3) is 5.91 Å². The van der Waals surface area contributed by atoms with Crippen LogP contribution in [0.15, 0.2) is 24.3 Å². The number of piperidine rings is 1. The first-order valence-electron chi connectivity index (χ1n) is 8.64. The second-order valence-electron chi connectivity index (χ2n) is 6.43. The van der Waals surface area contributed by atoms with Gasteiger partial charge in [-0.1, -0.05) is 6.07 Å². The fourth-order valence-electron chi connectivity index (χ4n) is 3.55. The van der Waals surface area contributed by atoms with E-state index in [1.807, 2.05) is 11.8 Å². The second kappa shape index (κ2) is 7.23. The van der Waals surface area contributed by atoms with Crippen LogP contribution in [0, 0.1) is 5.92 Å². The maximum Gasteiger partial charge on any atom is 0.251 e. The van der Waals surface area contributed by atoms with Crippen LogP contribution in [0.2, 0.25) is 0 Å². The van der Waals surface area contributed by atoms with E-state index in [0.717, 1.165) is 0 Å². The molecule has 1 unspecified atom stereocenters. The van der Waals surface area contributed by atoms with Crippen molar-refractivity contribution >= 4 is 23.4 Å². The minimum Gasteiger partial charge on any atom is -0.494 e. The van der Waals surface area contributed by atoms with E-state index < -0.39 is 6.04 Å². The Kier molecular flexibility index (Phi) is 5.03. The summed E-state index contributed by atoms with van der Waals surface area (Å²) in [4.78, 5) is 39.8. The molecule has 0 saturated carbocycles. The van der Waals surface area contributed by atoms with Gasteiger partial charge < -0.3 is 10.5 Å². The van der Waals surface area contributed by atoms with Crippen molar-refractivity contribution in [1.82, 2.24) is 4.90 Å². The van der Waals surface area contributed by atoms with Gasteiger partial charge in [-0.2, -0.15) is 0 Å². The molecule has 0 radical (unpaired) electrons. The molecule has 0 aliphatic carbocycles. The number of primary amides is 1. The largest absolute Gasteiger partial charge is 0.494 e. The molecule has 1 aromatic rings. The highest BCUT2D eigenvalue weighted by Crippen LogP contribution is 2.30. The Bertz CT molecular complexity index is 683. The second-order valence-corrected chi connectivity index (χ2v) is 6.43. The predicted octanol–water partition coefficient (Wildman–Crippen LogP) is 0.914. The quantitative estimate of drug-likeness (QED) is 0.801. The highest BCUT2D eigenvalue weighted by atomic mass is 16.5. The zero-order chi connectivity index (χ0) is 18.0. The van der Waals surface area contributed by atoms with E-state index in [0.29, 0.717) is 44.0 Å². The Morgan fingerprint density at radius 1 is 1.28 bits per heavy atom. The smallest absolute Gasteiger partial charge is 0.251 e. The molecule has 2 N–H and O–H groups in total. The maximum atomic E-state index is 12.8. The summed E-state index contributed by atoms with van der Waals surface area (Å²) in [5.74, 6) is -0.214. The number of amides is 3. The Labute approximate surface area is 146 Å². The Hall–Kier alpha value is -2.41. The van der Waals surface area contributed by atoms with Crippen LogP contribution in [0.1, 0.15) is 26.2 Å². The number of anilines is 1. The van der Waals surface area contributed by atoms with E-state index in [-0.39, 0.29) is 30.1 Å². The number of likely N-dealkylation sites (tertiary alicyclic amines) is 1. The lowest BCUT2D eigenvalue weighted by Gasteiger charge is -2.33. The first-order valence-corrected chi connectivity index (χ1v) is 8.64. The van der Waals surface area contributed by atoms with Gasteiger partial charge in [-0.15, -0.1) is 0 Å². The number of benzene rings is 1. The molecule has 7 nitrogen and oxygen atoms in total. The third-order valence-corrected chi connectivity index (χ3v) is 4.88. The van der Waals surface area contributed by atoms with Gasteiger partial charge in [0.1, 0.15) is 5.75 Å². The van der Waals surface area contributed by atoms with Crippen molar-refractivity contribution in [3.05, 3.63) is 24.3 Å². The summed E-state index contributed by atoms with van der Waals surface area (Å²) in [6.07, 6.45) is 1.43. The van der Waals surface area contributed by atoms with Crippen LogP contribution >= 0.6 is 0 Å². The molecule has 2 aliphatic rings. The molecule has 134 valence electrons. The number of nitrogens with two attached hydrogens (primary N) is 1. The maximum absolute atomic E-state index is 12.8. The first-order chi connectivity index (χ1) is 12.0. The molecule has 1 aromatic carbocycles. The minimum absolute atomic E-state index is 0.137. The van der Waals surface area contributed by atoms with Crippen LogP contribution in [-0.4, -0.2) is 48.4 Å². The molecule has 3 rings (SSSR count). The number of carbonyl (C=O) groups is 3. The number of imide groups is 1. The van der Waals surface area contributed by atoms with Crippen molar-refractivity contribution in [2.75, 3.05) is 24.6 Å². The van der Waals surface area contributed by atoms with E-state index >= 15 is 0 Å². The molecule has 1 atom stereocenters. The summed E-state index contributed by atoms with van der Waals surface area (Å²) in [6.45, 7) is 3.60. The molecule has 2 fully saturated rings. The first kappa shape index (κ1) is 17.4. The van der Waals surface area contributed by atoms with E-state index in [1.54, 1.807) is 24.3 Å². The lowest BCUT2D eigenvalue weighted by Crippen LogP contribution is -2.47. The SMILES string of the molecule is CCOc1cccc(N2C(=O)CC(N3CCC(C(N)=O)CC3)C2=O)c1. The average Bonchev–Trinajstić information content (AvgIpc) is 2.90. The van der Waals surface area contributed by atoms with E-state index in [4.69, 9.17) is 10.5 Å². The van der Waals surface area contributed by atoms with Crippen molar-refractivity contribution < 1.29 is 19.1 Å². The Morgan fingerprint density at radius 2 is 2.00 bits per heavy atom. The van der Waals surface area contributed by atoms with Crippen LogP contribution in [0.25, 0.3) is 0 Å². The van der Waals surface area contributed by atoms with Gasteiger partial charge in [-0.05, 0) is 45.0 Å². The van der Waals surface area contributed by atoms with E-state index in [2.05, 4.69) is 0 Å². The van der Waals surface area contributed by atoms with Crippen molar-refractivity contribution in [2.45, 2.75) is 32.2 Å². The normalized spacial score (nSPS) is 22.4. The van der Waals surface area contributed by atoms with Crippen LogP contribution in [0.3, 0.4) is 0 Å². The molecular formula is C18H23N3O4. The van der Waals surface area contributed by atoms with Crippen LogP contribution < -0.4 is 15.4 Å². The van der Waals surface area contributed by atoms with Gasteiger partial charge in [-0.25, -0.2) is 4.90 Å². The summed E-state index contributed by atoms with van der Waals surface area (Å²) in [7, 11) is 0. The summed E-state index contributed by atoms with van der Waals surface area (Å²) >= 11 is 0. The molecule has 0 aromatic heterocycles. The lowest BCUT2D eigenvalue weighted by atomic mass is 9.95. The molecule has 7 heteroatoms. The monoisotopic (exact) mass is 345 g/mol. The van der Waals surface area contributed by atoms with Gasteiger partial charge in [0.2, 0.25) is 11.8 Å². The summed E-state index contributed by atoms with van der Waals surface area (Å²) in [5, 5.41) is 0. The molecule has 25 heavy (non-hydrogen) atoms. The number of rotatable bonds is 5. The number of hydrogen-bond donors (Lipinski definition) is 1. The average molecular weight is 345 g/mol. The molecule has 2 heterocycles. The molecule has 2 saturated heterocycles. The van der Waals surface area contributed by atoms with Crippen molar-refractivity contribution in [3.8, 4) is 5.75 Å². The number of ether oxygens (including phenoxy) is 1. The fraction of sp³-hybridized carbons (Fsp3) is 0.500. The van der Waals surface area contributed by atoms with Crippen LogP contribution in [-0.2, 0) is 14.4 Å². The minimum atomic E-state index is -0.461. The Balaban J connectivity index is 1.72. The summed E-state index contributed by atoms with van der Waals surface area (Å²) in [6, 6.07) is 6.55. The van der Waals surface area contributed by atoms with Gasteiger partial charge in [0, 0.05) is 12.0 Å². The zero-order valence-electron chi connectivity index (χ0n) is 14.3.